The normalized spacial score (nSPS) is 9.53. The fraction of sp³-hybridized carbons (Fsp3) is 0.0769. The van der Waals surface area contributed by atoms with Crippen molar-refractivity contribution >= 4 is 17.3 Å². The van der Waals surface area contributed by atoms with Crippen molar-refractivity contribution in [1.82, 2.24) is 0 Å². The van der Waals surface area contributed by atoms with Gasteiger partial charge in [0.2, 0.25) is 6.54 Å². The second-order valence-corrected chi connectivity index (χ2v) is 3.81. The van der Waals surface area contributed by atoms with E-state index in [0.29, 0.717) is 16.4 Å². The average molecular weight is 280 g/mol. The van der Waals surface area contributed by atoms with E-state index >= 15 is 0 Å². The van der Waals surface area contributed by atoms with E-state index < -0.39 is 5.91 Å². The lowest BCUT2D eigenvalue weighted by Gasteiger charge is -2.14. The highest BCUT2D eigenvalue weighted by Crippen LogP contribution is 2.20. The van der Waals surface area contributed by atoms with Crippen LogP contribution < -0.4 is 27.8 Å². The Kier molecular flexibility index (Phi) is 5.29. The van der Waals surface area contributed by atoms with E-state index in [-0.39, 0.29) is 19.0 Å². The van der Waals surface area contributed by atoms with Crippen molar-refractivity contribution in [3.63, 3.8) is 0 Å². The molecule has 0 atom stereocenters. The number of anilines is 2. The molecule has 1 aromatic carbocycles. The Balaban J connectivity index is 0.00000180. The third-order valence-electron chi connectivity index (χ3n) is 2.50. The highest BCUT2D eigenvalue weighted by molar-refractivity contribution is 5.93. The number of rotatable bonds is 3. The van der Waals surface area contributed by atoms with Crippen molar-refractivity contribution in [3.8, 4) is 0 Å². The molecule has 0 fully saturated rings. The molecule has 19 heavy (non-hydrogen) atoms. The van der Waals surface area contributed by atoms with Crippen LogP contribution in [-0.4, -0.2) is 11.1 Å². The summed E-state index contributed by atoms with van der Waals surface area (Å²) in [5, 5.41) is 10.4. The van der Waals surface area contributed by atoms with Crippen LogP contribution in [0.4, 0.5) is 11.4 Å². The number of hydroxylamine groups is 1. The Morgan fingerprint density at radius 1 is 1.16 bits per heavy atom. The summed E-state index contributed by atoms with van der Waals surface area (Å²) >= 11 is 0. The van der Waals surface area contributed by atoms with Crippen molar-refractivity contribution in [1.29, 1.82) is 0 Å². The van der Waals surface area contributed by atoms with Crippen LogP contribution in [0, 0.1) is 0 Å². The first-order valence-corrected chi connectivity index (χ1v) is 5.49. The Labute approximate surface area is 117 Å². The SMILES string of the molecule is Nc1ccccc1N(O)C(=O)C[n+]1ccccc1.[Cl-]. The molecule has 2 aromatic rings. The lowest BCUT2D eigenvalue weighted by Crippen LogP contribution is -3.00. The van der Waals surface area contributed by atoms with Crippen LogP contribution in [0.3, 0.4) is 0 Å². The van der Waals surface area contributed by atoms with Crippen molar-refractivity contribution in [2.45, 2.75) is 6.54 Å². The van der Waals surface area contributed by atoms with Gasteiger partial charge in [-0.05, 0) is 12.1 Å². The van der Waals surface area contributed by atoms with Gasteiger partial charge in [0.25, 0.3) is 0 Å². The molecular formula is C13H14ClN3O2. The summed E-state index contributed by atoms with van der Waals surface area (Å²) < 4.78 is 1.67. The zero-order valence-electron chi connectivity index (χ0n) is 10.1. The first kappa shape index (κ1) is 14.9. The lowest BCUT2D eigenvalue weighted by molar-refractivity contribution is -0.684. The molecule has 0 unspecified atom stereocenters. The molecular weight excluding hydrogens is 266 g/mol. The van der Waals surface area contributed by atoms with E-state index in [1.165, 1.54) is 0 Å². The number of nitrogens with zero attached hydrogens (tertiary/aromatic N) is 2. The van der Waals surface area contributed by atoms with Gasteiger partial charge in [-0.3, -0.25) is 10.0 Å². The zero-order valence-corrected chi connectivity index (χ0v) is 10.9. The maximum Gasteiger partial charge on any atom is 0.316 e. The summed E-state index contributed by atoms with van der Waals surface area (Å²) in [7, 11) is 0. The van der Waals surface area contributed by atoms with E-state index in [1.807, 2.05) is 18.2 Å². The second kappa shape index (κ2) is 6.72. The molecule has 2 rings (SSSR count). The number of aromatic nitrogens is 1. The van der Waals surface area contributed by atoms with Gasteiger partial charge < -0.3 is 18.1 Å². The fourth-order valence-corrected chi connectivity index (χ4v) is 1.58. The fourth-order valence-electron chi connectivity index (χ4n) is 1.58. The van der Waals surface area contributed by atoms with Crippen LogP contribution in [0.15, 0.2) is 54.9 Å². The first-order chi connectivity index (χ1) is 8.68. The van der Waals surface area contributed by atoms with Gasteiger partial charge >= 0.3 is 5.91 Å². The number of hydrogen-bond acceptors (Lipinski definition) is 3. The van der Waals surface area contributed by atoms with E-state index in [9.17, 15) is 10.0 Å². The smallest absolute Gasteiger partial charge is 0.316 e. The molecule has 0 aliphatic heterocycles. The summed E-state index contributed by atoms with van der Waals surface area (Å²) in [4.78, 5) is 11.9. The molecule has 1 heterocycles. The third kappa shape index (κ3) is 3.67. The lowest BCUT2D eigenvalue weighted by atomic mass is 10.2. The van der Waals surface area contributed by atoms with Crippen LogP contribution in [0.25, 0.3) is 0 Å². The molecule has 0 aliphatic rings. The molecule has 1 aromatic heterocycles. The number of pyridine rings is 1. The van der Waals surface area contributed by atoms with Crippen LogP contribution >= 0.6 is 0 Å². The number of amides is 1. The molecule has 0 bridgehead atoms. The molecule has 0 saturated heterocycles. The van der Waals surface area contributed by atoms with Gasteiger partial charge in [-0.1, -0.05) is 18.2 Å². The van der Waals surface area contributed by atoms with E-state index in [2.05, 4.69) is 0 Å². The first-order valence-electron chi connectivity index (χ1n) is 5.49. The quantitative estimate of drug-likeness (QED) is 0.295. The average Bonchev–Trinajstić information content (AvgIpc) is 2.39. The number of carbonyl (C=O) groups excluding carboxylic acids is 1. The monoisotopic (exact) mass is 279 g/mol. The van der Waals surface area contributed by atoms with Gasteiger partial charge in [0.05, 0.1) is 11.4 Å². The van der Waals surface area contributed by atoms with Gasteiger partial charge in [0.1, 0.15) is 0 Å². The summed E-state index contributed by atoms with van der Waals surface area (Å²) in [5.74, 6) is -0.455. The number of nitrogen functional groups attached to an aromatic ring is 1. The van der Waals surface area contributed by atoms with E-state index in [1.54, 1.807) is 41.2 Å². The van der Waals surface area contributed by atoms with Crippen molar-refractivity contribution in [2.24, 2.45) is 0 Å². The van der Waals surface area contributed by atoms with Crippen molar-refractivity contribution < 1.29 is 27.0 Å². The predicted molar refractivity (Wildman–Crippen MR) is 66.8 cm³/mol. The molecule has 0 radical (unpaired) electrons. The number of para-hydroxylation sites is 2. The third-order valence-corrected chi connectivity index (χ3v) is 2.50. The molecule has 0 aliphatic carbocycles. The molecule has 6 heteroatoms. The van der Waals surface area contributed by atoms with Gasteiger partial charge in [0, 0.05) is 12.1 Å². The van der Waals surface area contributed by atoms with Crippen LogP contribution in [0.1, 0.15) is 0 Å². The Hall–Kier alpha value is -2.11. The van der Waals surface area contributed by atoms with Gasteiger partial charge in [-0.2, -0.15) is 9.63 Å². The second-order valence-electron chi connectivity index (χ2n) is 3.81. The standard InChI is InChI=1S/C13H14N3O2.ClH/c14-11-6-2-3-7-12(11)16(18)13(17)10-15-8-4-1-5-9-15;/h1-9,18H,10,14H2;1H/q+1;/p-1. The number of hydrogen-bond donors (Lipinski definition) is 2. The number of benzene rings is 1. The number of halogens is 1. The molecule has 3 N–H and O–H groups in total. The van der Waals surface area contributed by atoms with Crippen molar-refractivity contribution in [3.05, 3.63) is 54.9 Å². The van der Waals surface area contributed by atoms with Crippen LogP contribution in [-0.2, 0) is 11.3 Å². The van der Waals surface area contributed by atoms with Gasteiger partial charge in [-0.25, -0.2) is 0 Å². The minimum atomic E-state index is -0.455. The zero-order chi connectivity index (χ0) is 13.0. The topological polar surface area (TPSA) is 70.4 Å². The van der Waals surface area contributed by atoms with E-state index in [4.69, 9.17) is 5.73 Å². The van der Waals surface area contributed by atoms with Crippen LogP contribution in [0.5, 0.6) is 0 Å². The highest BCUT2D eigenvalue weighted by atomic mass is 35.5. The van der Waals surface area contributed by atoms with Gasteiger partial charge in [0.15, 0.2) is 12.4 Å². The maximum atomic E-state index is 11.9. The Bertz CT molecular complexity index is 549. The summed E-state index contributed by atoms with van der Waals surface area (Å²) in [6.07, 6.45) is 3.50. The summed E-state index contributed by atoms with van der Waals surface area (Å²) in [5.41, 5.74) is 6.34. The Morgan fingerprint density at radius 3 is 2.42 bits per heavy atom. The highest BCUT2D eigenvalue weighted by Gasteiger charge is 2.19. The van der Waals surface area contributed by atoms with Crippen molar-refractivity contribution in [2.75, 3.05) is 10.8 Å². The largest absolute Gasteiger partial charge is 1.00 e. The molecule has 5 nitrogen and oxygen atoms in total. The van der Waals surface area contributed by atoms with Gasteiger partial charge in [-0.15, -0.1) is 0 Å². The molecule has 0 spiro atoms. The number of nitrogens with two attached hydrogens (primary N) is 1. The van der Waals surface area contributed by atoms with Crippen LogP contribution in [0.2, 0.25) is 0 Å². The maximum absolute atomic E-state index is 11.9. The minimum Gasteiger partial charge on any atom is -1.00 e. The molecule has 100 valence electrons. The summed E-state index contributed by atoms with van der Waals surface area (Å²) in [6, 6.07) is 12.1. The number of carbonyl (C=O) groups is 1. The molecule has 0 saturated carbocycles. The Morgan fingerprint density at radius 2 is 1.79 bits per heavy atom. The van der Waals surface area contributed by atoms with E-state index in [0.717, 1.165) is 0 Å². The predicted octanol–water partition coefficient (Wildman–Crippen LogP) is -2.02. The summed E-state index contributed by atoms with van der Waals surface area (Å²) in [6.45, 7) is 0.0473. The molecule has 1 amide bonds. The minimum absolute atomic E-state index is 0.